The summed E-state index contributed by atoms with van der Waals surface area (Å²) in [5.74, 6) is -2.98. The molecule has 0 bridgehead atoms. The van der Waals surface area contributed by atoms with Crippen molar-refractivity contribution < 1.29 is 13.6 Å². The zero-order valence-electron chi connectivity index (χ0n) is 18.6. The van der Waals surface area contributed by atoms with Gasteiger partial charge in [-0.15, -0.1) is 10.2 Å². The average molecular weight is 474 g/mol. The van der Waals surface area contributed by atoms with Crippen LogP contribution in [0.5, 0.6) is 0 Å². The Bertz CT molecular complexity index is 1330. The van der Waals surface area contributed by atoms with Gasteiger partial charge in [-0.3, -0.25) is 18.7 Å². The fraction of sp³-hybridized carbons (Fsp3) is 0.429. The third-order valence-electron chi connectivity index (χ3n) is 5.62. The molecule has 3 heterocycles. The maximum atomic E-state index is 13.6. The molecule has 34 heavy (non-hydrogen) atoms. The lowest BCUT2D eigenvalue weighted by molar-refractivity contribution is 0.0940. The summed E-state index contributed by atoms with van der Waals surface area (Å²) in [6.45, 7) is 4.85. The Kier molecular flexibility index (Phi) is 7.03. The van der Waals surface area contributed by atoms with E-state index in [0.29, 0.717) is 6.54 Å². The Morgan fingerprint density at radius 1 is 1.15 bits per heavy atom. The summed E-state index contributed by atoms with van der Waals surface area (Å²) >= 11 is 0. The van der Waals surface area contributed by atoms with Crippen molar-refractivity contribution >= 4 is 17.1 Å². The molecule has 0 unspecified atom stereocenters. The van der Waals surface area contributed by atoms with E-state index in [1.807, 2.05) is 0 Å². The van der Waals surface area contributed by atoms with E-state index in [1.165, 1.54) is 13.1 Å². The van der Waals surface area contributed by atoms with E-state index < -0.39 is 28.8 Å². The van der Waals surface area contributed by atoms with Gasteiger partial charge in [-0.1, -0.05) is 6.07 Å². The standard InChI is InChI=1S/C21H24F2N8O3/c1-29-20(33)16-18(31(21(29)34)12-13-3-4-14(22)15(23)11-13)28-27-17(26-16)19(32)25-5-2-8-30-9-6-24-7-10-30/h3-4,11,24H,2,5-10,12H2,1H3,(H,25,32). The summed E-state index contributed by atoms with van der Waals surface area (Å²) in [7, 11) is 1.25. The Morgan fingerprint density at radius 3 is 2.65 bits per heavy atom. The van der Waals surface area contributed by atoms with Crippen molar-refractivity contribution in [3.63, 3.8) is 0 Å². The van der Waals surface area contributed by atoms with Gasteiger partial charge in [0.15, 0.2) is 22.8 Å². The number of benzene rings is 1. The van der Waals surface area contributed by atoms with Gasteiger partial charge in [0.2, 0.25) is 5.82 Å². The first-order valence-electron chi connectivity index (χ1n) is 10.8. The van der Waals surface area contributed by atoms with Gasteiger partial charge >= 0.3 is 5.69 Å². The summed E-state index contributed by atoms with van der Waals surface area (Å²) in [5.41, 5.74) is -1.60. The SMILES string of the molecule is Cn1c(=O)c2nc(C(=O)NCCCN3CCNCC3)nnc2n(Cc2ccc(F)c(F)c2)c1=O. The summed E-state index contributed by atoms with van der Waals surface area (Å²) in [6, 6.07) is 3.20. The van der Waals surface area contributed by atoms with E-state index >= 15 is 0 Å². The largest absolute Gasteiger partial charge is 0.349 e. The monoisotopic (exact) mass is 474 g/mol. The van der Waals surface area contributed by atoms with E-state index in [2.05, 4.69) is 30.7 Å². The van der Waals surface area contributed by atoms with Crippen LogP contribution < -0.4 is 21.9 Å². The molecule has 1 saturated heterocycles. The molecule has 11 nitrogen and oxygen atoms in total. The van der Waals surface area contributed by atoms with Crippen LogP contribution in [0.4, 0.5) is 8.78 Å². The molecule has 4 rings (SSSR count). The van der Waals surface area contributed by atoms with Crippen LogP contribution in [0.2, 0.25) is 0 Å². The van der Waals surface area contributed by atoms with Crippen LogP contribution in [0, 0.1) is 11.6 Å². The third-order valence-corrected chi connectivity index (χ3v) is 5.62. The number of piperazine rings is 1. The Balaban J connectivity index is 1.54. The number of carbonyl (C=O) groups excluding carboxylic acids is 1. The molecule has 1 fully saturated rings. The molecule has 3 aromatic rings. The van der Waals surface area contributed by atoms with Crippen LogP contribution in [0.15, 0.2) is 27.8 Å². The van der Waals surface area contributed by atoms with Gasteiger partial charge in [-0.2, -0.15) is 0 Å². The minimum Gasteiger partial charge on any atom is -0.349 e. The van der Waals surface area contributed by atoms with Crippen molar-refractivity contribution in [2.24, 2.45) is 7.05 Å². The highest BCUT2D eigenvalue weighted by atomic mass is 19.2. The third kappa shape index (κ3) is 4.99. The van der Waals surface area contributed by atoms with Gasteiger partial charge < -0.3 is 15.5 Å². The van der Waals surface area contributed by atoms with E-state index in [4.69, 9.17) is 0 Å². The smallest absolute Gasteiger partial charge is 0.332 e. The molecule has 180 valence electrons. The highest BCUT2D eigenvalue weighted by Gasteiger charge is 2.19. The minimum absolute atomic E-state index is 0.159. The molecule has 13 heteroatoms. The van der Waals surface area contributed by atoms with Gasteiger partial charge in [0, 0.05) is 39.8 Å². The molecular formula is C21H24F2N8O3. The number of carbonyl (C=O) groups is 1. The lowest BCUT2D eigenvalue weighted by Gasteiger charge is -2.26. The number of halogens is 2. The lowest BCUT2D eigenvalue weighted by atomic mass is 10.2. The molecule has 0 radical (unpaired) electrons. The number of fused-ring (bicyclic) bond motifs is 1. The molecular weight excluding hydrogens is 450 g/mol. The van der Waals surface area contributed by atoms with Crippen molar-refractivity contribution in [1.29, 1.82) is 0 Å². The number of hydrogen-bond donors (Lipinski definition) is 2. The summed E-state index contributed by atoms with van der Waals surface area (Å²) < 4.78 is 28.7. The molecule has 2 aromatic heterocycles. The van der Waals surface area contributed by atoms with Gasteiger partial charge in [0.25, 0.3) is 11.5 Å². The van der Waals surface area contributed by atoms with Crippen LogP contribution in [0.25, 0.3) is 11.2 Å². The van der Waals surface area contributed by atoms with Crippen molar-refractivity contribution in [2.75, 3.05) is 39.3 Å². The molecule has 1 amide bonds. The maximum absolute atomic E-state index is 13.6. The number of aromatic nitrogens is 5. The van der Waals surface area contributed by atoms with Crippen LogP contribution in [0.3, 0.4) is 0 Å². The van der Waals surface area contributed by atoms with Crippen LogP contribution in [-0.4, -0.2) is 74.4 Å². The Hall–Kier alpha value is -3.58. The van der Waals surface area contributed by atoms with E-state index in [-0.39, 0.29) is 29.1 Å². The van der Waals surface area contributed by atoms with E-state index in [1.54, 1.807) is 0 Å². The van der Waals surface area contributed by atoms with Gasteiger partial charge in [-0.05, 0) is 30.7 Å². The van der Waals surface area contributed by atoms with Gasteiger partial charge in [0.05, 0.1) is 6.54 Å². The number of nitrogens with zero attached hydrogens (tertiary/aromatic N) is 6. The zero-order valence-corrected chi connectivity index (χ0v) is 18.6. The number of nitrogens with one attached hydrogen (secondary N) is 2. The molecule has 1 aromatic carbocycles. The van der Waals surface area contributed by atoms with Crippen LogP contribution >= 0.6 is 0 Å². The summed E-state index contributed by atoms with van der Waals surface area (Å²) in [5, 5.41) is 13.7. The van der Waals surface area contributed by atoms with Crippen molar-refractivity contribution in [3.05, 3.63) is 62.1 Å². The van der Waals surface area contributed by atoms with E-state index in [9.17, 15) is 23.2 Å². The highest BCUT2D eigenvalue weighted by Crippen LogP contribution is 2.11. The van der Waals surface area contributed by atoms with Gasteiger partial charge in [0.1, 0.15) is 0 Å². The fourth-order valence-corrected chi connectivity index (χ4v) is 3.74. The number of rotatable bonds is 7. The Morgan fingerprint density at radius 2 is 1.91 bits per heavy atom. The molecule has 2 N–H and O–H groups in total. The first-order chi connectivity index (χ1) is 16.3. The quantitative estimate of drug-likeness (QED) is 0.428. The highest BCUT2D eigenvalue weighted by molar-refractivity contribution is 5.91. The second-order valence-electron chi connectivity index (χ2n) is 7.99. The van der Waals surface area contributed by atoms with Crippen LogP contribution in [-0.2, 0) is 13.6 Å². The van der Waals surface area contributed by atoms with Crippen LogP contribution in [0.1, 0.15) is 22.6 Å². The molecule has 0 saturated carbocycles. The predicted molar refractivity (Wildman–Crippen MR) is 119 cm³/mol. The summed E-state index contributed by atoms with van der Waals surface area (Å²) in [6.07, 6.45) is 0.738. The number of amides is 1. The first-order valence-corrected chi connectivity index (χ1v) is 10.8. The molecule has 0 atom stereocenters. The van der Waals surface area contributed by atoms with Crippen molar-refractivity contribution in [3.8, 4) is 0 Å². The lowest BCUT2D eigenvalue weighted by Crippen LogP contribution is -2.44. The molecule has 1 aliphatic heterocycles. The second-order valence-corrected chi connectivity index (χ2v) is 7.99. The topological polar surface area (TPSA) is 127 Å². The normalized spacial score (nSPS) is 14.4. The second kappa shape index (κ2) is 10.1. The van der Waals surface area contributed by atoms with Crippen molar-refractivity contribution in [1.82, 2.24) is 39.8 Å². The zero-order chi connectivity index (χ0) is 24.2. The molecule has 0 spiro atoms. The Labute approximate surface area is 192 Å². The summed E-state index contributed by atoms with van der Waals surface area (Å²) in [4.78, 5) is 44.1. The molecule has 1 aliphatic rings. The average Bonchev–Trinajstić information content (AvgIpc) is 2.85. The molecule has 0 aliphatic carbocycles. The predicted octanol–water partition coefficient (Wildman–Crippen LogP) is -0.763. The van der Waals surface area contributed by atoms with Gasteiger partial charge in [-0.25, -0.2) is 18.6 Å². The van der Waals surface area contributed by atoms with Crippen molar-refractivity contribution in [2.45, 2.75) is 13.0 Å². The number of hydrogen-bond acceptors (Lipinski definition) is 8. The maximum Gasteiger partial charge on any atom is 0.332 e. The van der Waals surface area contributed by atoms with E-state index in [0.717, 1.165) is 60.4 Å². The first kappa shape index (κ1) is 23.6. The fourth-order valence-electron chi connectivity index (χ4n) is 3.74. The minimum atomic E-state index is -1.07.